The van der Waals surface area contributed by atoms with Crippen molar-refractivity contribution in [1.82, 2.24) is 19.1 Å². The zero-order chi connectivity index (χ0) is 21.9. The highest BCUT2D eigenvalue weighted by molar-refractivity contribution is 8.00. The summed E-state index contributed by atoms with van der Waals surface area (Å²) in [5, 5.41) is 3.49. The Morgan fingerprint density at radius 2 is 1.87 bits per heavy atom. The number of benzene rings is 2. The summed E-state index contributed by atoms with van der Waals surface area (Å²) in [6.45, 7) is 0. The van der Waals surface area contributed by atoms with Crippen molar-refractivity contribution in [1.29, 1.82) is 0 Å². The number of halogens is 2. The fraction of sp³-hybridized carbons (Fsp3) is 0.190. The summed E-state index contributed by atoms with van der Waals surface area (Å²) in [6, 6.07) is 7.21. The Labute approximate surface area is 183 Å². The average Bonchev–Trinajstić information content (AvgIpc) is 3.33. The highest BCUT2D eigenvalue weighted by Gasteiger charge is 2.50. The number of anilines is 1. The Morgan fingerprint density at radius 1 is 1.13 bits per heavy atom. The molecule has 6 nitrogen and oxygen atoms in total. The molecule has 1 saturated heterocycles. The van der Waals surface area contributed by atoms with E-state index in [2.05, 4.69) is 19.5 Å². The molecule has 3 atom stereocenters. The minimum atomic E-state index is -0.749. The number of rotatable bonds is 4. The number of fused-ring (bicyclic) bond motifs is 1. The second-order valence-electron chi connectivity index (χ2n) is 7.39. The van der Waals surface area contributed by atoms with E-state index in [-0.39, 0.29) is 11.5 Å². The number of aromatic nitrogens is 4. The molecular weight excluding hydrogens is 439 g/mol. The number of nitrogens with zero attached hydrogens (tertiary/aromatic N) is 5. The number of thioether (sulfide) groups is 1. The Bertz CT molecular complexity index is 1310. The lowest BCUT2D eigenvalue weighted by Crippen LogP contribution is -2.58. The molecule has 0 spiro atoms. The zero-order valence-electron chi connectivity index (χ0n) is 16.7. The molecule has 1 amide bonds. The molecule has 2 aromatic heterocycles. The van der Waals surface area contributed by atoms with E-state index in [4.69, 9.17) is 0 Å². The van der Waals surface area contributed by atoms with Gasteiger partial charge in [0.15, 0.2) is 0 Å². The Hall–Kier alpha value is -2.77. The van der Waals surface area contributed by atoms with E-state index in [1.54, 1.807) is 53.2 Å². The molecule has 4 aromatic rings. The number of imidazole rings is 1. The van der Waals surface area contributed by atoms with Gasteiger partial charge in [-0.1, -0.05) is 0 Å². The second-order valence-corrected chi connectivity index (χ2v) is 8.93. The molecule has 1 aliphatic heterocycles. The van der Waals surface area contributed by atoms with Crippen molar-refractivity contribution in [3.05, 3.63) is 66.3 Å². The van der Waals surface area contributed by atoms with Gasteiger partial charge in [0.05, 0.1) is 29.6 Å². The molecule has 0 bridgehead atoms. The molecule has 5 rings (SSSR count). The highest BCUT2D eigenvalue weighted by atomic mass is 32.2. The van der Waals surface area contributed by atoms with Crippen molar-refractivity contribution in [2.45, 2.75) is 11.3 Å². The van der Waals surface area contributed by atoms with Crippen LogP contribution in [0.15, 0.2) is 49.1 Å². The van der Waals surface area contributed by atoms with Gasteiger partial charge in [-0.15, -0.1) is 11.8 Å². The number of carbonyl (C=O) groups excluding carboxylic acids is 1. The van der Waals surface area contributed by atoms with Gasteiger partial charge in [-0.05, 0) is 51.5 Å². The quantitative estimate of drug-likeness (QED) is 0.341. The molecule has 158 valence electrons. The lowest BCUT2D eigenvalue weighted by molar-refractivity contribution is -0.123. The molecular formula is C21H18F2N5OPS. The van der Waals surface area contributed by atoms with Crippen LogP contribution in [0.2, 0.25) is 0 Å². The maximum absolute atomic E-state index is 15.2. The van der Waals surface area contributed by atoms with Gasteiger partial charge < -0.3 is 9.24 Å². The molecule has 1 fully saturated rings. The first-order valence-electron chi connectivity index (χ1n) is 9.45. The maximum atomic E-state index is 15.2. The summed E-state index contributed by atoms with van der Waals surface area (Å²) in [7, 11) is 4.27. The maximum Gasteiger partial charge on any atom is 0.243 e. The van der Waals surface area contributed by atoms with Crippen LogP contribution in [0.5, 0.6) is 0 Å². The normalized spacial score (nSPS) is 18.6. The van der Waals surface area contributed by atoms with E-state index in [9.17, 15) is 4.79 Å². The van der Waals surface area contributed by atoms with Crippen molar-refractivity contribution < 1.29 is 13.6 Å². The molecule has 0 radical (unpaired) electrons. The molecule has 0 aliphatic carbocycles. The summed E-state index contributed by atoms with van der Waals surface area (Å²) in [4.78, 5) is 18.6. The largest absolute Gasteiger partial charge is 0.315 e. The lowest BCUT2D eigenvalue weighted by atomic mass is 9.90. The van der Waals surface area contributed by atoms with E-state index >= 15 is 8.78 Å². The molecule has 2 aromatic carbocycles. The van der Waals surface area contributed by atoms with Gasteiger partial charge in [0.25, 0.3) is 0 Å². The van der Waals surface area contributed by atoms with Gasteiger partial charge in [-0.2, -0.15) is 5.10 Å². The minimum Gasteiger partial charge on any atom is -0.315 e. The van der Waals surface area contributed by atoms with E-state index in [0.29, 0.717) is 22.3 Å². The van der Waals surface area contributed by atoms with Crippen LogP contribution in [0.1, 0.15) is 11.6 Å². The zero-order valence-corrected chi connectivity index (χ0v) is 18.6. The van der Waals surface area contributed by atoms with Gasteiger partial charge >= 0.3 is 0 Å². The van der Waals surface area contributed by atoms with Crippen molar-refractivity contribution in [3.63, 3.8) is 0 Å². The van der Waals surface area contributed by atoms with Gasteiger partial charge in [0, 0.05) is 30.1 Å². The van der Waals surface area contributed by atoms with Crippen molar-refractivity contribution in [2.24, 2.45) is 7.05 Å². The number of β-lactam (4-membered cyclic amide) rings is 1. The van der Waals surface area contributed by atoms with Crippen LogP contribution < -0.4 is 4.90 Å². The third-order valence-corrected chi connectivity index (χ3v) is 6.93. The van der Waals surface area contributed by atoms with Crippen LogP contribution in [0.25, 0.3) is 22.2 Å². The van der Waals surface area contributed by atoms with E-state index in [1.165, 1.54) is 28.8 Å². The topological polar surface area (TPSA) is 56.0 Å². The number of carbonyl (C=O) groups is 1. The van der Waals surface area contributed by atoms with Gasteiger partial charge in [0.1, 0.15) is 16.9 Å². The SMILES string of the molecule is CS[C@H]1C(=O)N(c2ccc3c(c2)ncn3P)[C@H]1c1c(F)cc(-c2cnn(C)c2)cc1F. The number of hydrogen-bond acceptors (Lipinski definition) is 4. The molecule has 10 heteroatoms. The van der Waals surface area contributed by atoms with Crippen LogP contribution in [0, 0.1) is 11.6 Å². The fourth-order valence-corrected chi connectivity index (χ4v) is 5.15. The van der Waals surface area contributed by atoms with Gasteiger partial charge in [-0.3, -0.25) is 9.48 Å². The first kappa shape index (κ1) is 20.2. The van der Waals surface area contributed by atoms with E-state index in [0.717, 1.165) is 5.52 Å². The first-order valence-corrected chi connectivity index (χ1v) is 11.3. The third-order valence-electron chi connectivity index (χ3n) is 5.55. The Balaban J connectivity index is 1.58. The molecule has 0 N–H and O–H groups in total. The summed E-state index contributed by atoms with van der Waals surface area (Å²) < 4.78 is 33.8. The summed E-state index contributed by atoms with van der Waals surface area (Å²) in [5.74, 6) is -1.55. The van der Waals surface area contributed by atoms with Crippen LogP contribution >= 0.6 is 21.2 Å². The number of hydrogen-bond donors (Lipinski definition) is 0. The average molecular weight is 457 g/mol. The predicted molar refractivity (Wildman–Crippen MR) is 121 cm³/mol. The van der Waals surface area contributed by atoms with Crippen LogP contribution in [-0.2, 0) is 11.8 Å². The second kappa shape index (κ2) is 7.43. The summed E-state index contributed by atoms with van der Waals surface area (Å²) in [6.07, 6.45) is 6.66. The highest BCUT2D eigenvalue weighted by Crippen LogP contribution is 2.47. The fourth-order valence-electron chi connectivity index (χ4n) is 4.03. The number of aryl methyl sites for hydroxylation is 1. The standard InChI is InChI=1S/C21H18F2N5OPS/c1-26-9-12(8-25-26)11-5-14(22)18(15(23)6-11)19-20(31-2)21(29)28(19)13-3-4-17-16(7-13)24-10-27(17)30/h3-10,19-20H,30H2,1-2H3/t19-,20+/m0/s1. The van der Waals surface area contributed by atoms with Crippen LogP contribution in [0.3, 0.4) is 0 Å². The molecule has 3 heterocycles. The molecule has 31 heavy (non-hydrogen) atoms. The van der Waals surface area contributed by atoms with Gasteiger partial charge in [0.2, 0.25) is 5.91 Å². The number of amides is 1. The van der Waals surface area contributed by atoms with Crippen LogP contribution in [-0.4, -0.2) is 36.5 Å². The molecule has 1 aliphatic rings. The van der Waals surface area contributed by atoms with Crippen molar-refractivity contribution >= 4 is 43.8 Å². The van der Waals surface area contributed by atoms with Crippen molar-refractivity contribution in [2.75, 3.05) is 11.2 Å². The molecule has 1 unspecified atom stereocenters. The van der Waals surface area contributed by atoms with E-state index in [1.807, 2.05) is 6.07 Å². The Morgan fingerprint density at radius 3 is 2.52 bits per heavy atom. The Kier molecular flexibility index (Phi) is 4.83. The third kappa shape index (κ3) is 3.15. The predicted octanol–water partition coefficient (Wildman–Crippen LogP) is 4.17. The summed E-state index contributed by atoms with van der Waals surface area (Å²) >= 11 is 1.29. The lowest BCUT2D eigenvalue weighted by Gasteiger charge is -2.46. The monoisotopic (exact) mass is 457 g/mol. The van der Waals surface area contributed by atoms with E-state index < -0.39 is 22.9 Å². The summed E-state index contributed by atoms with van der Waals surface area (Å²) in [5.41, 5.74) is 3.04. The van der Waals surface area contributed by atoms with Crippen LogP contribution in [0.4, 0.5) is 14.5 Å². The minimum absolute atomic E-state index is 0.108. The van der Waals surface area contributed by atoms with Crippen molar-refractivity contribution in [3.8, 4) is 11.1 Å². The smallest absolute Gasteiger partial charge is 0.243 e. The molecule has 0 saturated carbocycles. The van der Waals surface area contributed by atoms with Gasteiger partial charge in [-0.25, -0.2) is 13.8 Å². The first-order chi connectivity index (χ1) is 14.9.